The molecule has 0 aliphatic rings. The van der Waals surface area contributed by atoms with Crippen LogP contribution in [0.5, 0.6) is 0 Å². The maximum Gasteiger partial charge on any atom is 0.317 e. The molecule has 0 saturated carbocycles. The lowest BCUT2D eigenvalue weighted by molar-refractivity contribution is -0.384. The number of hydrogen-bond acceptors (Lipinski definition) is 11. The fourth-order valence-corrected chi connectivity index (χ4v) is 5.09. The summed E-state index contributed by atoms with van der Waals surface area (Å²) in [4.78, 5) is 72.2. The second-order valence-electron chi connectivity index (χ2n) is 11.0. The number of nitro groups is 1. The Kier molecular flexibility index (Phi) is 8.71. The molecule has 51 heavy (non-hydrogen) atoms. The molecule has 0 spiro atoms. The van der Waals surface area contributed by atoms with Crippen molar-refractivity contribution in [1.29, 1.82) is 0 Å². The summed E-state index contributed by atoms with van der Waals surface area (Å²) in [5.41, 5.74) is 2.23. The van der Waals surface area contributed by atoms with Crippen LogP contribution in [0.15, 0.2) is 48.5 Å². The molecule has 266 valence electrons. The highest BCUT2D eigenvalue weighted by atomic mass is 16.6. The maximum absolute atomic E-state index is 12.0. The van der Waals surface area contributed by atoms with Gasteiger partial charge in [-0.15, -0.1) is 0 Å². The van der Waals surface area contributed by atoms with E-state index in [4.69, 9.17) is 16.0 Å². The van der Waals surface area contributed by atoms with Crippen molar-refractivity contribution in [3.63, 3.8) is 0 Å². The Morgan fingerprint density at radius 3 is 1.75 bits per heavy atom. The number of aliphatic carboxylic acids is 4. The first kappa shape index (κ1) is 27.7. The van der Waals surface area contributed by atoms with Gasteiger partial charge in [0.05, 0.1) is 76.0 Å². The first-order valence-corrected chi connectivity index (χ1v) is 14.8. The Morgan fingerprint density at radius 2 is 1.22 bits per heavy atom. The third-order valence-corrected chi connectivity index (χ3v) is 7.67. The highest BCUT2D eigenvalue weighted by molar-refractivity contribution is 5.81. The molecule has 4 aromatic rings. The summed E-state index contributed by atoms with van der Waals surface area (Å²) in [5, 5.41) is 49.8. The molecular weight excluding hydrogens is 664 g/mol. The molecule has 16 heteroatoms. The van der Waals surface area contributed by atoms with Gasteiger partial charge in [-0.1, -0.05) is 6.07 Å². The molecule has 0 fully saturated rings. The minimum absolute atomic E-state index is 0.00417. The zero-order valence-corrected chi connectivity index (χ0v) is 27.5. The highest BCUT2D eigenvalue weighted by Gasteiger charge is 2.23. The maximum atomic E-state index is 12.0. The number of nitro benzene ring substituents is 1. The van der Waals surface area contributed by atoms with Crippen molar-refractivity contribution < 1.29 is 55.5 Å². The smallest absolute Gasteiger partial charge is 0.317 e. The van der Waals surface area contributed by atoms with Crippen LogP contribution in [0.25, 0.3) is 33.9 Å². The van der Waals surface area contributed by atoms with Gasteiger partial charge in [0.15, 0.2) is 0 Å². The van der Waals surface area contributed by atoms with Crippen molar-refractivity contribution in [2.45, 2.75) is 40.8 Å². The molecule has 0 bridgehead atoms. The van der Waals surface area contributed by atoms with Crippen molar-refractivity contribution in [1.82, 2.24) is 24.8 Å². The van der Waals surface area contributed by atoms with Gasteiger partial charge in [-0.3, -0.25) is 39.1 Å². The van der Waals surface area contributed by atoms with Crippen molar-refractivity contribution >= 4 is 29.6 Å². The van der Waals surface area contributed by atoms with Gasteiger partial charge in [-0.25, -0.2) is 15.0 Å². The van der Waals surface area contributed by atoms with Gasteiger partial charge < -0.3 is 20.4 Å². The van der Waals surface area contributed by atoms with Crippen LogP contribution < -0.4 is 0 Å². The number of aromatic nitrogens is 3. The van der Waals surface area contributed by atoms with Crippen LogP contribution in [0, 0.1) is 37.8 Å². The normalized spacial score (nSPS) is 14.6. The Hall–Kier alpha value is -6.13. The second kappa shape index (κ2) is 16.1. The summed E-state index contributed by atoms with van der Waals surface area (Å²) >= 11 is 0. The fourth-order valence-electron chi connectivity index (χ4n) is 5.09. The molecule has 1 aromatic carbocycles. The molecule has 0 atom stereocenters. The Balaban J connectivity index is 2.03. The van der Waals surface area contributed by atoms with Gasteiger partial charge in [0.25, 0.3) is 5.69 Å². The van der Waals surface area contributed by atoms with E-state index in [0.29, 0.717) is 33.4 Å². The predicted molar refractivity (Wildman–Crippen MR) is 183 cm³/mol. The van der Waals surface area contributed by atoms with Gasteiger partial charge in [-0.05, 0) is 91.4 Å². The van der Waals surface area contributed by atoms with E-state index in [1.807, 2.05) is 0 Å². The van der Waals surface area contributed by atoms with Gasteiger partial charge in [0, 0.05) is 25.2 Å². The number of pyridine rings is 3. The topological polar surface area (TPSA) is 237 Å². The van der Waals surface area contributed by atoms with E-state index in [0.717, 1.165) is 0 Å². The van der Waals surface area contributed by atoms with Crippen LogP contribution >= 0.6 is 0 Å². The molecule has 4 rings (SSSR count). The molecule has 4 N–H and O–H groups in total. The average Bonchev–Trinajstić information content (AvgIpc) is 3.15. The van der Waals surface area contributed by atoms with Crippen molar-refractivity contribution in [3.8, 4) is 33.9 Å². The van der Waals surface area contributed by atoms with Crippen LogP contribution in [-0.4, -0.2) is 100.0 Å². The first-order chi connectivity index (χ1) is 27.1. The van der Waals surface area contributed by atoms with E-state index in [-0.39, 0.29) is 49.7 Å². The van der Waals surface area contributed by atoms with Crippen LogP contribution in [0.4, 0.5) is 5.69 Å². The van der Waals surface area contributed by atoms with E-state index in [1.165, 1.54) is 55.5 Å². The molecule has 0 aliphatic carbocycles. The zero-order chi connectivity index (χ0) is 44.7. The second-order valence-corrected chi connectivity index (χ2v) is 11.0. The summed E-state index contributed by atoms with van der Waals surface area (Å²) in [7, 11) is 0. The molecule has 3 heterocycles. The number of benzene rings is 1. The monoisotopic (exact) mass is 708 g/mol. The summed E-state index contributed by atoms with van der Waals surface area (Å²) in [6, 6.07) is 11.0. The van der Waals surface area contributed by atoms with Crippen molar-refractivity contribution in [2.75, 3.05) is 26.0 Å². The van der Waals surface area contributed by atoms with Crippen molar-refractivity contribution in [3.05, 3.63) is 92.3 Å². The molecule has 0 unspecified atom stereocenters. The van der Waals surface area contributed by atoms with Crippen LogP contribution in [0.2, 0.25) is 0 Å². The van der Waals surface area contributed by atoms with Crippen molar-refractivity contribution in [2.24, 2.45) is 0 Å². The van der Waals surface area contributed by atoms with Crippen LogP contribution in [0.3, 0.4) is 0 Å². The lowest BCUT2D eigenvalue weighted by Gasteiger charge is -2.22. The van der Waals surface area contributed by atoms with E-state index in [9.17, 15) is 49.7 Å². The van der Waals surface area contributed by atoms with E-state index < -0.39 is 67.9 Å². The minimum atomic E-state index is -3.55. The van der Waals surface area contributed by atoms with Gasteiger partial charge in [-0.2, -0.15) is 0 Å². The molecule has 0 aliphatic heterocycles. The Morgan fingerprint density at radius 1 is 0.686 bits per heavy atom. The Labute approximate surface area is 303 Å². The van der Waals surface area contributed by atoms with Gasteiger partial charge in [0.2, 0.25) is 0 Å². The van der Waals surface area contributed by atoms with E-state index in [1.54, 1.807) is 20.8 Å². The summed E-state index contributed by atoms with van der Waals surface area (Å²) in [6.07, 6.45) is 0. The average molecular weight is 709 g/mol. The lowest BCUT2D eigenvalue weighted by atomic mass is 9.93. The Bertz CT molecular complexity index is 2330. The summed E-state index contributed by atoms with van der Waals surface area (Å²) in [6.45, 7) is -9.64. The van der Waals surface area contributed by atoms with E-state index in [2.05, 4.69) is 9.97 Å². The predicted octanol–water partition coefficient (Wildman–Crippen LogP) is 3.96. The molecule has 0 radical (unpaired) electrons. The third-order valence-electron chi connectivity index (χ3n) is 7.67. The molecule has 0 amide bonds. The number of rotatable bonds is 16. The summed E-state index contributed by atoms with van der Waals surface area (Å²) < 4.78 is 64.4. The molecule has 0 saturated heterocycles. The van der Waals surface area contributed by atoms with Gasteiger partial charge in [0.1, 0.15) is 0 Å². The summed E-state index contributed by atoms with van der Waals surface area (Å²) in [5.74, 6) is -8.68. The van der Waals surface area contributed by atoms with E-state index >= 15 is 0 Å². The minimum Gasteiger partial charge on any atom is -0.480 e. The quantitative estimate of drug-likeness (QED) is 0.0952. The molecular formula is C35H36N6O10. The lowest BCUT2D eigenvalue weighted by Crippen LogP contribution is -2.34. The molecule has 3 aromatic heterocycles. The number of carbonyl (C=O) groups is 4. The van der Waals surface area contributed by atoms with Crippen LogP contribution in [-0.2, 0) is 32.3 Å². The largest absolute Gasteiger partial charge is 0.480 e. The zero-order valence-electron chi connectivity index (χ0n) is 35.5. The number of non-ortho nitro benzene ring substituents is 1. The number of carboxylic acid groups (broad SMARTS) is 4. The molecule has 16 nitrogen and oxygen atoms in total. The van der Waals surface area contributed by atoms with Crippen LogP contribution in [0.1, 0.15) is 44.6 Å². The van der Waals surface area contributed by atoms with Gasteiger partial charge >= 0.3 is 23.9 Å². The first-order valence-electron chi connectivity index (χ1n) is 18.8. The third kappa shape index (κ3) is 9.52. The number of carboxylic acids is 4. The SMILES string of the molecule is [2H]C([2H])(C(=O)O)N(Cc1cccc(-c2cc(-c3ccc([N+](=O)[O-])cc3)c(C)c(-c3nc(CN(C([2H])([2H])C(=O)O)C([2H])([2H])C(=O)O)c(C)c(C)c3C)n2)n1)C([2H])([2H])C(=O)O. The fraction of sp³-hybridized carbons (Fsp3) is 0.286. The number of nitrogens with zero attached hydrogens (tertiary/aromatic N) is 6. The highest BCUT2D eigenvalue weighted by Crippen LogP contribution is 2.36. The standard InChI is InChI=1S/C35H36N6O10/c1-19-20(2)29(14-40(17-32(46)47)18-33(48)49)38-34(21(19)3)35-22(4)26(23-8-10-25(11-9-23)41(50)51)12-28(37-35)27-7-5-6-24(36-27)13-39(15-30(42)43)16-31(44)45/h5-12H,13-18H2,1-4H3,(H,42,43)(H,44,45)(H,46,47)(H,48,49)/i15D2,16D2,17D2,18D2. The number of hydrogen-bond donors (Lipinski definition) is 4.